The van der Waals surface area contributed by atoms with Gasteiger partial charge in [0.2, 0.25) is 0 Å². The number of nitrogens with one attached hydrogen (secondary N) is 2. The first kappa shape index (κ1) is 19.7. The minimum absolute atomic E-state index is 0.196. The van der Waals surface area contributed by atoms with Crippen molar-refractivity contribution in [3.05, 3.63) is 87.7 Å². The molecule has 2 aromatic carbocycles. The molecule has 0 aliphatic carbocycles. The Balaban J connectivity index is 1.64. The van der Waals surface area contributed by atoms with Crippen LogP contribution in [0.25, 0.3) is 0 Å². The second-order valence-corrected chi connectivity index (χ2v) is 7.61. The molecule has 2 N–H and O–H groups in total. The lowest BCUT2D eigenvalue weighted by Crippen LogP contribution is -2.29. The molecule has 2 amide bonds. The molecule has 0 saturated carbocycles. The van der Waals surface area contributed by atoms with Gasteiger partial charge in [-0.05, 0) is 86.7 Å². The van der Waals surface area contributed by atoms with E-state index in [1.54, 1.807) is 0 Å². The molecular formula is C24H29N3O. The zero-order valence-corrected chi connectivity index (χ0v) is 17.4. The second kappa shape index (κ2) is 8.34. The fraction of sp³-hybridized carbons (Fsp3) is 0.292. The second-order valence-electron chi connectivity index (χ2n) is 7.61. The molecule has 0 radical (unpaired) electrons. The number of aromatic nitrogens is 1. The Morgan fingerprint density at radius 2 is 1.61 bits per heavy atom. The average Bonchev–Trinajstić information content (AvgIpc) is 3.06. The fourth-order valence-electron chi connectivity index (χ4n) is 3.56. The van der Waals surface area contributed by atoms with Crippen LogP contribution >= 0.6 is 0 Å². The van der Waals surface area contributed by atoms with Gasteiger partial charge >= 0.3 is 6.03 Å². The van der Waals surface area contributed by atoms with Crippen LogP contribution < -0.4 is 10.6 Å². The van der Waals surface area contributed by atoms with Crippen molar-refractivity contribution >= 4 is 11.7 Å². The molecule has 0 atom stereocenters. The van der Waals surface area contributed by atoms with Gasteiger partial charge in [0.05, 0.1) is 6.54 Å². The summed E-state index contributed by atoms with van der Waals surface area (Å²) in [4.78, 5) is 12.3. The number of nitrogens with zero attached hydrogens (tertiary/aromatic N) is 1. The van der Waals surface area contributed by atoms with Gasteiger partial charge in [0.15, 0.2) is 0 Å². The van der Waals surface area contributed by atoms with Crippen molar-refractivity contribution in [3.63, 3.8) is 0 Å². The molecule has 3 aromatic rings. The number of urea groups is 1. The van der Waals surface area contributed by atoms with Gasteiger partial charge in [0.25, 0.3) is 0 Å². The van der Waals surface area contributed by atoms with Crippen molar-refractivity contribution < 1.29 is 4.79 Å². The maximum Gasteiger partial charge on any atom is 0.319 e. The zero-order valence-electron chi connectivity index (χ0n) is 17.4. The van der Waals surface area contributed by atoms with E-state index in [0.717, 1.165) is 23.5 Å². The molecule has 0 aliphatic heterocycles. The predicted molar refractivity (Wildman–Crippen MR) is 116 cm³/mol. The Kier molecular flexibility index (Phi) is 5.88. The maximum absolute atomic E-state index is 12.3. The van der Waals surface area contributed by atoms with Gasteiger partial charge in [0, 0.05) is 24.1 Å². The summed E-state index contributed by atoms with van der Waals surface area (Å²) in [6.07, 6.45) is 2.07. The number of carbonyl (C=O) groups is 1. The van der Waals surface area contributed by atoms with E-state index in [-0.39, 0.29) is 6.03 Å². The van der Waals surface area contributed by atoms with Gasteiger partial charge in [-0.2, -0.15) is 0 Å². The minimum Gasteiger partial charge on any atom is -0.345 e. The van der Waals surface area contributed by atoms with E-state index in [1.165, 1.54) is 27.8 Å². The van der Waals surface area contributed by atoms with Crippen molar-refractivity contribution in [3.8, 4) is 0 Å². The molecule has 1 heterocycles. The zero-order chi connectivity index (χ0) is 20.3. The van der Waals surface area contributed by atoms with E-state index < -0.39 is 0 Å². The molecule has 4 nitrogen and oxygen atoms in total. The lowest BCUT2D eigenvalue weighted by molar-refractivity contribution is 0.251. The number of carbonyl (C=O) groups excluding carboxylic acids is 1. The van der Waals surface area contributed by atoms with E-state index >= 15 is 0 Å². The van der Waals surface area contributed by atoms with Gasteiger partial charge in [-0.25, -0.2) is 4.79 Å². The van der Waals surface area contributed by atoms with Crippen molar-refractivity contribution in [2.45, 2.75) is 47.7 Å². The van der Waals surface area contributed by atoms with E-state index in [9.17, 15) is 4.79 Å². The van der Waals surface area contributed by atoms with Gasteiger partial charge < -0.3 is 15.2 Å². The first-order chi connectivity index (χ1) is 13.3. The van der Waals surface area contributed by atoms with Crippen LogP contribution in [0.2, 0.25) is 0 Å². The standard InChI is InChI=1S/C24H29N3O/c1-16-11-19(4)23(20(5)12-16)15-27-10-6-7-22(27)14-25-24(28)26-21-9-8-17(2)18(3)13-21/h6-13H,14-15H2,1-5H3,(H2,25,26,28). The summed E-state index contributed by atoms with van der Waals surface area (Å²) in [6, 6.07) is 14.3. The largest absolute Gasteiger partial charge is 0.345 e. The number of benzene rings is 2. The number of aryl methyl sites for hydroxylation is 5. The topological polar surface area (TPSA) is 46.1 Å². The minimum atomic E-state index is -0.196. The van der Waals surface area contributed by atoms with E-state index in [4.69, 9.17) is 0 Å². The summed E-state index contributed by atoms with van der Waals surface area (Å²) in [7, 11) is 0. The SMILES string of the molecule is Cc1cc(C)c(Cn2cccc2CNC(=O)Nc2ccc(C)c(C)c2)c(C)c1. The molecule has 0 spiro atoms. The Hall–Kier alpha value is -3.01. The van der Waals surface area contributed by atoms with E-state index in [0.29, 0.717) is 6.54 Å². The molecule has 0 saturated heterocycles. The predicted octanol–water partition coefficient (Wildman–Crippen LogP) is 5.40. The van der Waals surface area contributed by atoms with E-state index in [1.807, 2.05) is 31.2 Å². The van der Waals surface area contributed by atoms with Crippen molar-refractivity contribution in [1.29, 1.82) is 0 Å². The number of anilines is 1. The third-order valence-corrected chi connectivity index (χ3v) is 5.29. The molecule has 4 heteroatoms. The highest BCUT2D eigenvalue weighted by Gasteiger charge is 2.09. The average molecular weight is 376 g/mol. The van der Waals surface area contributed by atoms with Crippen molar-refractivity contribution in [2.24, 2.45) is 0 Å². The monoisotopic (exact) mass is 375 g/mol. The number of hydrogen-bond acceptors (Lipinski definition) is 1. The molecule has 146 valence electrons. The molecular weight excluding hydrogens is 346 g/mol. The van der Waals surface area contributed by atoms with Crippen LogP contribution in [0.4, 0.5) is 10.5 Å². The highest BCUT2D eigenvalue weighted by Crippen LogP contribution is 2.19. The third-order valence-electron chi connectivity index (χ3n) is 5.29. The molecule has 0 unspecified atom stereocenters. The number of amides is 2. The third kappa shape index (κ3) is 4.63. The van der Waals surface area contributed by atoms with Crippen LogP contribution in [0.3, 0.4) is 0 Å². The molecule has 3 rings (SSSR count). The van der Waals surface area contributed by atoms with Crippen LogP contribution in [0.5, 0.6) is 0 Å². The van der Waals surface area contributed by atoms with Crippen LogP contribution in [-0.2, 0) is 13.1 Å². The van der Waals surface area contributed by atoms with Crippen LogP contribution in [0, 0.1) is 34.6 Å². The number of hydrogen-bond donors (Lipinski definition) is 2. The first-order valence-corrected chi connectivity index (χ1v) is 9.66. The molecule has 0 fully saturated rings. The van der Waals surface area contributed by atoms with Gasteiger partial charge in [-0.15, -0.1) is 0 Å². The first-order valence-electron chi connectivity index (χ1n) is 9.66. The van der Waals surface area contributed by atoms with E-state index in [2.05, 4.69) is 67.3 Å². The smallest absolute Gasteiger partial charge is 0.319 e. The molecule has 0 aliphatic rings. The summed E-state index contributed by atoms with van der Waals surface area (Å²) < 4.78 is 2.20. The highest BCUT2D eigenvalue weighted by atomic mass is 16.2. The molecule has 0 bridgehead atoms. The van der Waals surface area contributed by atoms with Crippen LogP contribution in [-0.4, -0.2) is 10.6 Å². The Labute approximate surface area is 167 Å². The van der Waals surface area contributed by atoms with Crippen molar-refractivity contribution in [1.82, 2.24) is 9.88 Å². The lowest BCUT2D eigenvalue weighted by Gasteiger charge is -2.15. The molecule has 1 aromatic heterocycles. The summed E-state index contributed by atoms with van der Waals surface area (Å²) >= 11 is 0. The highest BCUT2D eigenvalue weighted by molar-refractivity contribution is 5.89. The summed E-state index contributed by atoms with van der Waals surface area (Å²) in [6.45, 7) is 11.8. The quantitative estimate of drug-likeness (QED) is 0.616. The van der Waals surface area contributed by atoms with Crippen molar-refractivity contribution in [2.75, 3.05) is 5.32 Å². The summed E-state index contributed by atoms with van der Waals surface area (Å²) in [5.74, 6) is 0. The normalized spacial score (nSPS) is 10.8. The van der Waals surface area contributed by atoms with Crippen LogP contribution in [0.15, 0.2) is 48.7 Å². The van der Waals surface area contributed by atoms with Gasteiger partial charge in [-0.3, -0.25) is 0 Å². The maximum atomic E-state index is 12.3. The lowest BCUT2D eigenvalue weighted by atomic mass is 10.00. The summed E-state index contributed by atoms with van der Waals surface area (Å²) in [5.41, 5.74) is 9.49. The number of rotatable bonds is 5. The summed E-state index contributed by atoms with van der Waals surface area (Å²) in [5, 5.41) is 5.87. The Morgan fingerprint density at radius 3 is 2.29 bits per heavy atom. The van der Waals surface area contributed by atoms with Gasteiger partial charge in [-0.1, -0.05) is 23.8 Å². The van der Waals surface area contributed by atoms with Gasteiger partial charge in [0.1, 0.15) is 0 Å². The van der Waals surface area contributed by atoms with Crippen LogP contribution in [0.1, 0.15) is 39.1 Å². The molecule has 28 heavy (non-hydrogen) atoms. The Morgan fingerprint density at radius 1 is 0.893 bits per heavy atom. The Bertz CT molecular complexity index is 978. The fourth-order valence-corrected chi connectivity index (χ4v) is 3.56.